The summed E-state index contributed by atoms with van der Waals surface area (Å²) in [6.45, 7) is 3.69. The van der Waals surface area contributed by atoms with Crippen molar-refractivity contribution in [2.75, 3.05) is 0 Å². The van der Waals surface area contributed by atoms with E-state index >= 15 is 0 Å². The number of pyridine rings is 2. The molecule has 3 heterocycles. The van der Waals surface area contributed by atoms with Crippen molar-refractivity contribution in [3.8, 4) is 33.6 Å². The molecular formula is C42H39FGeIrN2S-2. The summed E-state index contributed by atoms with van der Waals surface area (Å²) in [6, 6.07) is 34.6. The van der Waals surface area contributed by atoms with E-state index in [-0.39, 0.29) is 31.5 Å². The Morgan fingerprint density at radius 3 is 2.35 bits per heavy atom. The summed E-state index contributed by atoms with van der Waals surface area (Å²) < 4.78 is 49.7. The summed E-state index contributed by atoms with van der Waals surface area (Å²) >= 11 is -0.550. The van der Waals surface area contributed by atoms with Gasteiger partial charge in [-0.1, -0.05) is 47.9 Å². The number of hydrogen-bond donors (Lipinski definition) is 0. The molecule has 0 unspecified atom stereocenters. The van der Waals surface area contributed by atoms with Gasteiger partial charge in [-0.2, -0.15) is 11.3 Å². The van der Waals surface area contributed by atoms with Gasteiger partial charge in [0.25, 0.3) is 0 Å². The van der Waals surface area contributed by atoms with Crippen molar-refractivity contribution < 1.29 is 30.0 Å². The molecular weight excluding hydrogens is 848 g/mol. The molecule has 0 aliphatic rings. The Balaban J connectivity index is 0.000000210. The maximum Gasteiger partial charge on any atom is 0.130 e. The van der Waals surface area contributed by atoms with Gasteiger partial charge >= 0.3 is 127 Å². The van der Waals surface area contributed by atoms with Gasteiger partial charge < -0.3 is 4.98 Å². The van der Waals surface area contributed by atoms with E-state index in [2.05, 4.69) is 64.5 Å². The number of halogens is 1. The number of thiophene rings is 1. The molecule has 3 aromatic heterocycles. The van der Waals surface area contributed by atoms with Crippen molar-refractivity contribution in [2.45, 2.75) is 50.8 Å². The predicted octanol–water partition coefficient (Wildman–Crippen LogP) is 11.6. The SMILES string of the molecule is [2H]C(C)(C)c1cc(-c2[c-]cc(C)cc2)nc[c]1[Ge]([CH3])([CH3])[CH3].[2H]C([2H])([2H])c1cnc(-c2[c-]ccc3c2sc2cccc(F)c23)cc1-c1ccccc1.[Ir]. The van der Waals surface area contributed by atoms with E-state index in [1.54, 1.807) is 18.2 Å². The molecule has 0 spiro atoms. The zero-order valence-electron chi connectivity index (χ0n) is 31.8. The normalized spacial score (nSPS) is 13.1. The first kappa shape index (κ1) is 30.6. The summed E-state index contributed by atoms with van der Waals surface area (Å²) in [4.78, 5) is 9.12. The Morgan fingerprint density at radius 2 is 1.67 bits per heavy atom. The minimum atomic E-state index is -2.28. The van der Waals surface area contributed by atoms with Crippen molar-refractivity contribution >= 4 is 49.2 Å². The van der Waals surface area contributed by atoms with E-state index in [4.69, 9.17) is 5.48 Å². The molecule has 6 heteroatoms. The van der Waals surface area contributed by atoms with Crippen LogP contribution in [-0.4, -0.2) is 23.2 Å². The minimum Gasteiger partial charge on any atom is -0.304 e. The molecule has 0 aliphatic heterocycles. The molecule has 4 aromatic carbocycles. The van der Waals surface area contributed by atoms with Crippen molar-refractivity contribution in [3.63, 3.8) is 0 Å². The molecule has 0 aliphatic carbocycles. The van der Waals surface area contributed by atoms with Crippen molar-refractivity contribution in [1.82, 2.24) is 9.97 Å². The third-order valence-electron chi connectivity index (χ3n) is 8.15. The molecule has 0 amide bonds. The number of aryl methyl sites for hydroxylation is 2. The Hall–Kier alpha value is -3.48. The first-order valence-electron chi connectivity index (χ1n) is 17.6. The average Bonchev–Trinajstić information content (AvgIpc) is 3.48. The van der Waals surface area contributed by atoms with Gasteiger partial charge in [-0.15, -0.1) is 23.8 Å². The predicted molar refractivity (Wildman–Crippen MR) is 202 cm³/mol. The molecule has 245 valence electrons. The monoisotopic (exact) mass is 893 g/mol. The van der Waals surface area contributed by atoms with Crippen LogP contribution in [0.15, 0.2) is 103 Å². The van der Waals surface area contributed by atoms with Crippen LogP contribution in [0.4, 0.5) is 4.39 Å². The van der Waals surface area contributed by atoms with Crippen LogP contribution in [0.1, 0.15) is 41.9 Å². The summed E-state index contributed by atoms with van der Waals surface area (Å²) in [5, 5.41) is 1.40. The van der Waals surface area contributed by atoms with E-state index in [0.717, 1.165) is 42.7 Å². The van der Waals surface area contributed by atoms with E-state index in [1.807, 2.05) is 68.6 Å². The molecule has 7 rings (SSSR count). The third kappa shape index (κ3) is 7.55. The van der Waals surface area contributed by atoms with Crippen LogP contribution >= 0.6 is 11.3 Å². The summed E-state index contributed by atoms with van der Waals surface area (Å²) in [7, 11) is 0. The Bertz CT molecular complexity index is 2350. The molecule has 0 saturated heterocycles. The van der Waals surface area contributed by atoms with Crippen LogP contribution in [0.3, 0.4) is 0 Å². The van der Waals surface area contributed by atoms with Crippen LogP contribution in [0.25, 0.3) is 53.8 Å². The van der Waals surface area contributed by atoms with E-state index < -0.39 is 26.0 Å². The first-order chi connectivity index (χ1) is 24.0. The number of aromatic nitrogens is 2. The second kappa shape index (κ2) is 15.0. The number of benzene rings is 4. The molecule has 1 radical (unpaired) electrons. The molecule has 48 heavy (non-hydrogen) atoms. The number of rotatable bonds is 5. The molecule has 7 aromatic rings. The second-order valence-electron chi connectivity index (χ2n) is 12.9. The van der Waals surface area contributed by atoms with Gasteiger partial charge in [0.05, 0.1) is 0 Å². The van der Waals surface area contributed by atoms with Crippen LogP contribution in [0, 0.1) is 31.7 Å². The van der Waals surface area contributed by atoms with Crippen LogP contribution in [-0.2, 0) is 20.1 Å². The van der Waals surface area contributed by atoms with E-state index in [1.165, 1.54) is 33.6 Å². The van der Waals surface area contributed by atoms with Crippen molar-refractivity contribution in [2.24, 2.45) is 0 Å². The minimum absolute atomic E-state index is 0. The largest absolute Gasteiger partial charge is 0.304 e. The van der Waals surface area contributed by atoms with E-state index in [0.29, 0.717) is 16.6 Å². The third-order valence-corrected chi connectivity index (χ3v) is 13.6. The number of hydrogen-bond acceptors (Lipinski definition) is 3. The van der Waals surface area contributed by atoms with Crippen LogP contribution in [0.2, 0.25) is 17.3 Å². The fraction of sp³-hybridized carbons (Fsp3) is 0.190. The van der Waals surface area contributed by atoms with E-state index in [9.17, 15) is 4.39 Å². The van der Waals surface area contributed by atoms with Gasteiger partial charge in [0.15, 0.2) is 0 Å². The van der Waals surface area contributed by atoms with Gasteiger partial charge in [-0.05, 0) is 46.1 Å². The first-order valence-corrected chi connectivity index (χ1v) is 23.8. The summed E-state index contributed by atoms with van der Waals surface area (Å²) in [5.74, 6) is 6.19. The fourth-order valence-corrected chi connectivity index (χ4v) is 10.2. The number of nitrogens with zero attached hydrogens (tertiary/aromatic N) is 2. The van der Waals surface area contributed by atoms with Gasteiger partial charge in [0.2, 0.25) is 0 Å². The number of fused-ring (bicyclic) bond motifs is 3. The fourth-order valence-electron chi connectivity index (χ4n) is 5.66. The molecule has 0 N–H and O–H groups in total. The smallest absolute Gasteiger partial charge is 0.130 e. The quantitative estimate of drug-likeness (QED) is 0.127. The zero-order valence-corrected chi connectivity index (χ0v) is 33.1. The Morgan fingerprint density at radius 1 is 0.896 bits per heavy atom. The van der Waals surface area contributed by atoms with Gasteiger partial charge in [0, 0.05) is 40.5 Å². The topological polar surface area (TPSA) is 25.8 Å². The van der Waals surface area contributed by atoms with Crippen LogP contribution < -0.4 is 4.40 Å². The van der Waals surface area contributed by atoms with Gasteiger partial charge in [-0.25, -0.2) is 4.39 Å². The van der Waals surface area contributed by atoms with Crippen LogP contribution in [0.5, 0.6) is 0 Å². The maximum atomic E-state index is 14.5. The Labute approximate surface area is 309 Å². The average molecular weight is 892 g/mol. The zero-order chi connectivity index (χ0) is 36.7. The molecule has 0 bridgehead atoms. The molecule has 0 atom stereocenters. The maximum absolute atomic E-state index is 14.5. The second-order valence-corrected chi connectivity index (χ2v) is 24.6. The van der Waals surface area contributed by atoms with Crippen molar-refractivity contribution in [3.05, 3.63) is 138 Å². The summed E-state index contributed by atoms with van der Waals surface area (Å²) in [5.41, 5.74) is 7.20. The van der Waals surface area contributed by atoms with Crippen molar-refractivity contribution in [1.29, 1.82) is 0 Å². The Kier molecular flexibility index (Phi) is 9.53. The van der Waals surface area contributed by atoms with Gasteiger partial charge in [0.1, 0.15) is 5.82 Å². The molecule has 0 fully saturated rings. The van der Waals surface area contributed by atoms with Gasteiger partial charge in [-0.3, -0.25) is 0 Å². The standard InChI is InChI=1S/C24H15FNS.C18H24GeN.Ir/c1-15-14-26-21(13-19(15)16-7-3-2-4-8-16)17-9-5-10-18-23-20(25)11-6-12-22(23)27-24(17)18;1-13(2)16-11-18(15-9-7-14(3)8-10-15)20-12-17(16)19(4,5)6;/h2-8,10-14H,1H3;7-9,11-13H,1-6H3;/q2*-1;/i1D3;13D;. The summed E-state index contributed by atoms with van der Waals surface area (Å²) in [6.07, 6.45) is 3.43. The molecule has 2 nitrogen and oxygen atoms in total. The molecule has 0 saturated carbocycles.